The summed E-state index contributed by atoms with van der Waals surface area (Å²) in [6.07, 6.45) is 0.375. The number of anilines is 2. The van der Waals surface area contributed by atoms with E-state index in [2.05, 4.69) is 5.32 Å². The van der Waals surface area contributed by atoms with Crippen molar-refractivity contribution in [3.63, 3.8) is 0 Å². The number of carbonyl (C=O) groups is 2. The van der Waals surface area contributed by atoms with E-state index in [9.17, 15) is 14.7 Å². The first-order valence-electron chi connectivity index (χ1n) is 7.65. The lowest BCUT2D eigenvalue weighted by molar-refractivity contribution is -0.139. The molecule has 2 amide bonds. The summed E-state index contributed by atoms with van der Waals surface area (Å²) in [6, 6.07) is 13.5. The molecule has 0 aromatic heterocycles. The number of nitrogens with one attached hydrogen (secondary N) is 1. The molecule has 2 unspecified atom stereocenters. The number of halogens is 1. The SMILES string of the molecule is CC1CC(C(=O)O)c2ccccc2N1C(=O)Nc1ccc(Cl)cc1. The van der Waals surface area contributed by atoms with E-state index in [0.717, 1.165) is 0 Å². The zero-order valence-electron chi connectivity index (χ0n) is 13.1. The normalized spacial score (nSPS) is 19.5. The van der Waals surface area contributed by atoms with Gasteiger partial charge in [-0.2, -0.15) is 0 Å². The Morgan fingerprint density at radius 3 is 2.50 bits per heavy atom. The van der Waals surface area contributed by atoms with Crippen molar-refractivity contribution in [1.82, 2.24) is 0 Å². The number of carbonyl (C=O) groups excluding carboxylic acids is 1. The number of urea groups is 1. The molecule has 0 saturated carbocycles. The van der Waals surface area contributed by atoms with Gasteiger partial charge in [-0.25, -0.2) is 4.79 Å². The zero-order valence-corrected chi connectivity index (χ0v) is 13.8. The van der Waals surface area contributed by atoms with Crippen molar-refractivity contribution >= 4 is 35.0 Å². The first-order valence-corrected chi connectivity index (χ1v) is 8.02. The third kappa shape index (κ3) is 3.08. The average molecular weight is 345 g/mol. The Balaban J connectivity index is 1.91. The predicted octanol–water partition coefficient (Wildman–Crippen LogP) is 4.34. The Bertz CT molecular complexity index is 776. The number of hydrogen-bond donors (Lipinski definition) is 2. The molecule has 3 rings (SSSR count). The lowest BCUT2D eigenvalue weighted by Gasteiger charge is -2.37. The van der Waals surface area contributed by atoms with Crippen LogP contribution in [0.15, 0.2) is 48.5 Å². The van der Waals surface area contributed by atoms with Crippen molar-refractivity contribution in [2.75, 3.05) is 10.2 Å². The van der Waals surface area contributed by atoms with E-state index in [0.29, 0.717) is 28.4 Å². The van der Waals surface area contributed by atoms with E-state index in [-0.39, 0.29) is 12.1 Å². The van der Waals surface area contributed by atoms with Crippen LogP contribution in [0.2, 0.25) is 5.02 Å². The van der Waals surface area contributed by atoms with Crippen molar-refractivity contribution in [2.24, 2.45) is 0 Å². The number of benzene rings is 2. The minimum Gasteiger partial charge on any atom is -0.481 e. The second-order valence-electron chi connectivity index (χ2n) is 5.84. The molecular weight excluding hydrogens is 328 g/mol. The largest absolute Gasteiger partial charge is 0.481 e. The van der Waals surface area contributed by atoms with Crippen LogP contribution in [0.25, 0.3) is 0 Å². The van der Waals surface area contributed by atoms with Crippen molar-refractivity contribution in [1.29, 1.82) is 0 Å². The zero-order chi connectivity index (χ0) is 17.3. The second-order valence-corrected chi connectivity index (χ2v) is 6.28. The standard InChI is InChI=1S/C18H17ClN2O3/c1-11-10-15(17(22)23)14-4-2-3-5-16(14)21(11)18(24)20-13-8-6-12(19)7-9-13/h2-9,11,15H,10H2,1H3,(H,20,24)(H,22,23). The third-order valence-electron chi connectivity index (χ3n) is 4.20. The summed E-state index contributed by atoms with van der Waals surface area (Å²) < 4.78 is 0. The fraction of sp³-hybridized carbons (Fsp3) is 0.222. The highest BCUT2D eigenvalue weighted by molar-refractivity contribution is 6.30. The van der Waals surface area contributed by atoms with Gasteiger partial charge in [0.05, 0.1) is 5.92 Å². The molecule has 2 N–H and O–H groups in total. The van der Waals surface area contributed by atoms with Crippen LogP contribution in [0.3, 0.4) is 0 Å². The van der Waals surface area contributed by atoms with Crippen molar-refractivity contribution < 1.29 is 14.7 Å². The molecule has 2 aromatic rings. The van der Waals surface area contributed by atoms with Crippen LogP contribution in [0.4, 0.5) is 16.2 Å². The quantitative estimate of drug-likeness (QED) is 0.851. The molecular formula is C18H17ClN2O3. The highest BCUT2D eigenvalue weighted by Crippen LogP contribution is 2.38. The summed E-state index contributed by atoms with van der Waals surface area (Å²) in [5.41, 5.74) is 1.93. The smallest absolute Gasteiger partial charge is 0.326 e. The molecule has 0 spiro atoms. The van der Waals surface area contributed by atoms with Crippen LogP contribution in [0, 0.1) is 0 Å². The van der Waals surface area contributed by atoms with Crippen molar-refractivity contribution in [3.05, 3.63) is 59.1 Å². The fourth-order valence-corrected chi connectivity index (χ4v) is 3.20. The Kier molecular flexibility index (Phi) is 4.44. The van der Waals surface area contributed by atoms with Crippen LogP contribution in [0.1, 0.15) is 24.8 Å². The molecule has 0 bridgehead atoms. The van der Waals surface area contributed by atoms with Gasteiger partial charge >= 0.3 is 12.0 Å². The topological polar surface area (TPSA) is 69.6 Å². The molecule has 2 atom stereocenters. The first-order chi connectivity index (χ1) is 11.5. The van der Waals surface area contributed by atoms with Gasteiger partial charge in [-0.15, -0.1) is 0 Å². The number of para-hydroxylation sites is 1. The molecule has 0 radical (unpaired) electrons. The first kappa shape index (κ1) is 16.3. The lowest BCUT2D eigenvalue weighted by Crippen LogP contribution is -2.46. The number of amides is 2. The van der Waals surface area contributed by atoms with Gasteiger partial charge in [-0.05, 0) is 49.2 Å². The van der Waals surface area contributed by atoms with Crippen molar-refractivity contribution in [3.8, 4) is 0 Å². The summed E-state index contributed by atoms with van der Waals surface area (Å²) in [7, 11) is 0. The van der Waals surface area contributed by atoms with Gasteiger partial charge in [0.2, 0.25) is 0 Å². The maximum absolute atomic E-state index is 12.7. The van der Waals surface area contributed by atoms with Crippen LogP contribution in [-0.4, -0.2) is 23.1 Å². The predicted molar refractivity (Wildman–Crippen MR) is 93.8 cm³/mol. The van der Waals surface area contributed by atoms with Crippen molar-refractivity contribution in [2.45, 2.75) is 25.3 Å². The minimum absolute atomic E-state index is 0.228. The Morgan fingerprint density at radius 1 is 1.17 bits per heavy atom. The Morgan fingerprint density at radius 2 is 1.83 bits per heavy atom. The molecule has 2 aromatic carbocycles. The van der Waals surface area contributed by atoms with Gasteiger partial charge in [-0.1, -0.05) is 29.8 Å². The summed E-state index contributed by atoms with van der Waals surface area (Å²) in [4.78, 5) is 25.9. The van der Waals surface area contributed by atoms with Gasteiger partial charge in [0.1, 0.15) is 0 Å². The molecule has 6 heteroatoms. The van der Waals surface area contributed by atoms with Crippen LogP contribution in [-0.2, 0) is 4.79 Å². The molecule has 0 aliphatic carbocycles. The minimum atomic E-state index is -0.868. The monoisotopic (exact) mass is 344 g/mol. The van der Waals surface area contributed by atoms with E-state index in [4.69, 9.17) is 11.6 Å². The van der Waals surface area contributed by atoms with Gasteiger partial charge in [0.15, 0.2) is 0 Å². The molecule has 124 valence electrons. The maximum Gasteiger partial charge on any atom is 0.326 e. The molecule has 24 heavy (non-hydrogen) atoms. The van der Waals surface area contributed by atoms with E-state index < -0.39 is 11.9 Å². The third-order valence-corrected chi connectivity index (χ3v) is 4.45. The summed E-state index contributed by atoms with van der Waals surface area (Å²) in [6.45, 7) is 1.85. The number of fused-ring (bicyclic) bond motifs is 1. The Hall–Kier alpha value is -2.53. The highest BCUT2D eigenvalue weighted by atomic mass is 35.5. The molecule has 1 aliphatic rings. The molecule has 1 aliphatic heterocycles. The summed E-state index contributed by atoms with van der Waals surface area (Å²) in [5.74, 6) is -1.47. The van der Waals surface area contributed by atoms with Crippen LogP contribution < -0.4 is 10.2 Å². The van der Waals surface area contributed by atoms with Gasteiger partial charge in [0, 0.05) is 22.4 Å². The number of aliphatic carboxylic acids is 1. The van der Waals surface area contributed by atoms with E-state index >= 15 is 0 Å². The number of hydrogen-bond acceptors (Lipinski definition) is 2. The van der Waals surface area contributed by atoms with Crippen LogP contribution in [0.5, 0.6) is 0 Å². The average Bonchev–Trinajstić information content (AvgIpc) is 2.56. The lowest BCUT2D eigenvalue weighted by atomic mass is 9.86. The maximum atomic E-state index is 12.7. The number of nitrogens with zero attached hydrogens (tertiary/aromatic N) is 1. The fourth-order valence-electron chi connectivity index (χ4n) is 3.07. The van der Waals surface area contributed by atoms with Crippen LogP contribution >= 0.6 is 11.6 Å². The number of carboxylic acids is 1. The number of carboxylic acid groups (broad SMARTS) is 1. The van der Waals surface area contributed by atoms with Gasteiger partial charge in [-0.3, -0.25) is 9.69 Å². The second kappa shape index (κ2) is 6.53. The van der Waals surface area contributed by atoms with E-state index in [1.165, 1.54) is 0 Å². The summed E-state index contributed by atoms with van der Waals surface area (Å²) in [5, 5.41) is 12.9. The highest BCUT2D eigenvalue weighted by Gasteiger charge is 2.36. The van der Waals surface area contributed by atoms with E-state index in [1.54, 1.807) is 53.4 Å². The molecule has 0 fully saturated rings. The Labute approximate surface area is 144 Å². The van der Waals surface area contributed by atoms with E-state index in [1.807, 2.05) is 6.92 Å². The molecule has 5 nitrogen and oxygen atoms in total. The number of rotatable bonds is 2. The van der Waals surface area contributed by atoms with Gasteiger partial charge < -0.3 is 10.4 Å². The summed E-state index contributed by atoms with van der Waals surface area (Å²) >= 11 is 5.85. The molecule has 0 saturated heterocycles. The van der Waals surface area contributed by atoms with Gasteiger partial charge in [0.25, 0.3) is 0 Å². The molecule has 1 heterocycles.